The summed E-state index contributed by atoms with van der Waals surface area (Å²) >= 11 is 1.32. The lowest BCUT2D eigenvalue weighted by Gasteiger charge is -2.25. The standard InChI is InChI=1S/C21H26N4O2S/c1-24(14-16-8-2-4-10-18(16)25-12-6-7-13-25)21(27)23-17-9-3-5-11-19(17)28-15-20(22)26/h2-5,8-11H,6-7,12-15H2,1H3,(H2,22,26)(H,23,27). The van der Waals surface area contributed by atoms with E-state index in [9.17, 15) is 9.59 Å². The zero-order valence-electron chi connectivity index (χ0n) is 16.1. The van der Waals surface area contributed by atoms with E-state index < -0.39 is 0 Å². The maximum absolute atomic E-state index is 12.7. The Morgan fingerprint density at radius 2 is 1.79 bits per heavy atom. The van der Waals surface area contributed by atoms with Crippen molar-refractivity contribution in [3.8, 4) is 0 Å². The summed E-state index contributed by atoms with van der Waals surface area (Å²) in [5, 5.41) is 2.94. The molecule has 0 bridgehead atoms. The molecule has 0 unspecified atom stereocenters. The molecule has 1 heterocycles. The first kappa shape index (κ1) is 20.1. The molecular formula is C21H26N4O2S. The first-order chi connectivity index (χ1) is 13.5. The van der Waals surface area contributed by atoms with Crippen molar-refractivity contribution >= 4 is 35.1 Å². The summed E-state index contributed by atoms with van der Waals surface area (Å²) in [6.07, 6.45) is 2.43. The molecular weight excluding hydrogens is 372 g/mol. The Morgan fingerprint density at radius 3 is 2.54 bits per heavy atom. The van der Waals surface area contributed by atoms with Crippen LogP contribution in [0.15, 0.2) is 53.4 Å². The molecule has 3 amide bonds. The number of benzene rings is 2. The summed E-state index contributed by atoms with van der Waals surface area (Å²) in [6, 6.07) is 15.5. The van der Waals surface area contributed by atoms with E-state index in [-0.39, 0.29) is 17.7 Å². The summed E-state index contributed by atoms with van der Waals surface area (Å²) in [4.78, 5) is 28.7. The fraction of sp³-hybridized carbons (Fsp3) is 0.333. The van der Waals surface area contributed by atoms with E-state index in [0.717, 1.165) is 23.5 Å². The van der Waals surface area contributed by atoms with Gasteiger partial charge in [-0.05, 0) is 36.6 Å². The molecule has 7 heteroatoms. The quantitative estimate of drug-likeness (QED) is 0.700. The van der Waals surface area contributed by atoms with E-state index in [1.165, 1.54) is 30.3 Å². The molecule has 2 aromatic rings. The van der Waals surface area contributed by atoms with Crippen LogP contribution in [0, 0.1) is 0 Å². The Morgan fingerprint density at radius 1 is 1.11 bits per heavy atom. The van der Waals surface area contributed by atoms with Crippen LogP contribution in [0.25, 0.3) is 0 Å². The first-order valence-electron chi connectivity index (χ1n) is 9.39. The molecule has 1 fully saturated rings. The van der Waals surface area contributed by atoms with Crippen LogP contribution in [-0.2, 0) is 11.3 Å². The van der Waals surface area contributed by atoms with E-state index >= 15 is 0 Å². The topological polar surface area (TPSA) is 78.7 Å². The van der Waals surface area contributed by atoms with Crippen molar-refractivity contribution in [2.24, 2.45) is 5.73 Å². The van der Waals surface area contributed by atoms with E-state index in [1.807, 2.05) is 36.4 Å². The Hall–Kier alpha value is -2.67. The number of urea groups is 1. The van der Waals surface area contributed by atoms with Crippen LogP contribution in [0.1, 0.15) is 18.4 Å². The van der Waals surface area contributed by atoms with Crippen molar-refractivity contribution < 1.29 is 9.59 Å². The molecule has 2 aromatic carbocycles. The number of anilines is 2. The number of rotatable bonds is 7. The Labute approximate surface area is 170 Å². The minimum absolute atomic E-state index is 0.173. The van der Waals surface area contributed by atoms with E-state index in [2.05, 4.69) is 22.3 Å². The third-order valence-electron chi connectivity index (χ3n) is 4.69. The summed E-state index contributed by atoms with van der Waals surface area (Å²) in [7, 11) is 1.79. The zero-order valence-corrected chi connectivity index (χ0v) is 16.9. The highest BCUT2D eigenvalue weighted by Gasteiger charge is 2.18. The van der Waals surface area contributed by atoms with Gasteiger partial charge in [-0.2, -0.15) is 0 Å². The highest BCUT2D eigenvalue weighted by atomic mass is 32.2. The number of thioether (sulfide) groups is 1. The van der Waals surface area contributed by atoms with Gasteiger partial charge in [0.1, 0.15) is 0 Å². The number of hydrogen-bond acceptors (Lipinski definition) is 4. The molecule has 0 radical (unpaired) electrons. The minimum atomic E-state index is -0.387. The number of amides is 3. The van der Waals surface area contributed by atoms with Gasteiger partial charge in [0.2, 0.25) is 5.91 Å². The fourth-order valence-corrected chi connectivity index (χ4v) is 4.04. The van der Waals surface area contributed by atoms with Crippen molar-refractivity contribution in [2.75, 3.05) is 36.1 Å². The number of hydrogen-bond donors (Lipinski definition) is 2. The SMILES string of the molecule is CN(Cc1ccccc1N1CCCC1)C(=O)Nc1ccccc1SCC(N)=O. The van der Waals surface area contributed by atoms with Crippen molar-refractivity contribution in [2.45, 2.75) is 24.3 Å². The number of primary amides is 1. The second kappa shape index (κ2) is 9.50. The lowest BCUT2D eigenvalue weighted by Crippen LogP contribution is -2.32. The van der Waals surface area contributed by atoms with E-state index in [1.54, 1.807) is 11.9 Å². The van der Waals surface area contributed by atoms with Gasteiger partial charge >= 0.3 is 6.03 Å². The maximum Gasteiger partial charge on any atom is 0.321 e. The van der Waals surface area contributed by atoms with E-state index in [0.29, 0.717) is 12.2 Å². The second-order valence-corrected chi connectivity index (χ2v) is 7.88. The van der Waals surface area contributed by atoms with Gasteiger partial charge in [0.25, 0.3) is 0 Å². The second-order valence-electron chi connectivity index (χ2n) is 6.86. The van der Waals surface area contributed by atoms with Crippen LogP contribution < -0.4 is 16.0 Å². The van der Waals surface area contributed by atoms with Gasteiger partial charge in [-0.25, -0.2) is 4.79 Å². The molecule has 3 rings (SSSR count). The number of para-hydroxylation sites is 2. The number of nitrogens with one attached hydrogen (secondary N) is 1. The van der Waals surface area contributed by atoms with Crippen molar-refractivity contribution in [3.05, 3.63) is 54.1 Å². The first-order valence-corrected chi connectivity index (χ1v) is 10.4. The molecule has 3 N–H and O–H groups in total. The van der Waals surface area contributed by atoms with Gasteiger partial charge in [0.15, 0.2) is 0 Å². The van der Waals surface area contributed by atoms with Crippen molar-refractivity contribution in [1.82, 2.24) is 4.90 Å². The van der Waals surface area contributed by atoms with Crippen LogP contribution in [0.3, 0.4) is 0 Å². The van der Waals surface area contributed by atoms with Gasteiger partial charge in [-0.1, -0.05) is 30.3 Å². The van der Waals surface area contributed by atoms with E-state index in [4.69, 9.17) is 5.73 Å². The van der Waals surface area contributed by atoms with Gasteiger partial charge in [-0.3, -0.25) is 4.79 Å². The van der Waals surface area contributed by atoms with Crippen LogP contribution in [0.4, 0.5) is 16.2 Å². The van der Waals surface area contributed by atoms with Gasteiger partial charge < -0.3 is 20.9 Å². The highest BCUT2D eigenvalue weighted by molar-refractivity contribution is 8.00. The number of carbonyl (C=O) groups is 2. The Kier molecular flexibility index (Phi) is 6.81. The molecule has 0 atom stereocenters. The Balaban J connectivity index is 1.67. The smallest absolute Gasteiger partial charge is 0.321 e. The largest absolute Gasteiger partial charge is 0.371 e. The molecule has 6 nitrogen and oxygen atoms in total. The van der Waals surface area contributed by atoms with Crippen LogP contribution in [0.5, 0.6) is 0 Å². The monoisotopic (exact) mass is 398 g/mol. The molecule has 28 heavy (non-hydrogen) atoms. The summed E-state index contributed by atoms with van der Waals surface area (Å²) in [5.74, 6) is -0.215. The molecule has 0 saturated carbocycles. The summed E-state index contributed by atoms with van der Waals surface area (Å²) in [6.45, 7) is 2.66. The molecule has 1 saturated heterocycles. The maximum atomic E-state index is 12.7. The lowest BCUT2D eigenvalue weighted by atomic mass is 10.1. The summed E-state index contributed by atoms with van der Waals surface area (Å²) < 4.78 is 0. The van der Waals surface area contributed by atoms with Gasteiger partial charge in [0.05, 0.1) is 11.4 Å². The third-order valence-corrected chi connectivity index (χ3v) is 5.79. The predicted octanol–water partition coefficient (Wildman–Crippen LogP) is 3.53. The molecule has 148 valence electrons. The van der Waals surface area contributed by atoms with Crippen LogP contribution in [0.2, 0.25) is 0 Å². The van der Waals surface area contributed by atoms with Crippen molar-refractivity contribution in [1.29, 1.82) is 0 Å². The normalized spacial score (nSPS) is 13.4. The lowest BCUT2D eigenvalue weighted by molar-refractivity contribution is -0.115. The van der Waals surface area contributed by atoms with Gasteiger partial charge in [0, 0.05) is 37.3 Å². The number of nitrogens with two attached hydrogens (primary N) is 1. The molecule has 1 aliphatic heterocycles. The molecule has 0 spiro atoms. The van der Waals surface area contributed by atoms with Gasteiger partial charge in [-0.15, -0.1) is 11.8 Å². The molecule has 0 aromatic heterocycles. The molecule has 0 aliphatic carbocycles. The average Bonchev–Trinajstić information content (AvgIpc) is 3.22. The number of carbonyl (C=O) groups excluding carboxylic acids is 2. The average molecular weight is 399 g/mol. The van der Waals surface area contributed by atoms with Crippen molar-refractivity contribution in [3.63, 3.8) is 0 Å². The minimum Gasteiger partial charge on any atom is -0.371 e. The Bertz CT molecular complexity index is 837. The third kappa shape index (κ3) is 5.19. The van der Waals surface area contributed by atoms with Crippen LogP contribution in [-0.4, -0.2) is 42.7 Å². The summed E-state index contributed by atoms with van der Waals surface area (Å²) in [5.41, 5.74) is 8.25. The molecule has 1 aliphatic rings. The van der Waals surface area contributed by atoms with Crippen LogP contribution >= 0.6 is 11.8 Å². The number of nitrogens with zero attached hydrogens (tertiary/aromatic N) is 2. The zero-order chi connectivity index (χ0) is 19.9. The predicted molar refractivity (Wildman–Crippen MR) is 115 cm³/mol. The fourth-order valence-electron chi connectivity index (χ4n) is 3.29. The highest BCUT2D eigenvalue weighted by Crippen LogP contribution is 2.28.